The number of benzene rings is 1. The SMILES string of the molecule is COc1ccc(C(=O)NCCOCC(=O)O)c(O)c1. The number of aromatic hydroxyl groups is 1. The van der Waals surface area contributed by atoms with Crippen molar-refractivity contribution in [3.8, 4) is 11.5 Å². The van der Waals surface area contributed by atoms with Gasteiger partial charge in [0, 0.05) is 12.6 Å². The molecule has 0 radical (unpaired) electrons. The van der Waals surface area contributed by atoms with Crippen LogP contribution >= 0.6 is 0 Å². The lowest BCUT2D eigenvalue weighted by Gasteiger charge is -2.08. The molecule has 1 aromatic rings. The van der Waals surface area contributed by atoms with Gasteiger partial charge in [0.1, 0.15) is 18.1 Å². The van der Waals surface area contributed by atoms with Crippen molar-refractivity contribution in [1.29, 1.82) is 0 Å². The number of phenols is 1. The summed E-state index contributed by atoms with van der Waals surface area (Å²) in [4.78, 5) is 21.8. The average molecular weight is 269 g/mol. The Morgan fingerprint density at radius 2 is 2.11 bits per heavy atom. The number of hydrogen-bond donors (Lipinski definition) is 3. The van der Waals surface area contributed by atoms with E-state index in [2.05, 4.69) is 5.32 Å². The van der Waals surface area contributed by atoms with Crippen LogP contribution in [0.1, 0.15) is 10.4 Å². The van der Waals surface area contributed by atoms with Gasteiger partial charge in [-0.15, -0.1) is 0 Å². The third-order valence-electron chi connectivity index (χ3n) is 2.21. The Labute approximate surface area is 109 Å². The standard InChI is InChI=1S/C12H15NO6/c1-18-8-2-3-9(10(14)6-8)12(17)13-4-5-19-7-11(15)16/h2-3,6,14H,4-5,7H2,1H3,(H,13,17)(H,15,16). The first kappa shape index (κ1) is 14.8. The Morgan fingerprint density at radius 1 is 1.37 bits per heavy atom. The molecule has 0 aromatic heterocycles. The van der Waals surface area contributed by atoms with Crippen molar-refractivity contribution in [2.75, 3.05) is 26.9 Å². The van der Waals surface area contributed by atoms with E-state index in [-0.39, 0.29) is 24.5 Å². The summed E-state index contributed by atoms with van der Waals surface area (Å²) in [6.07, 6.45) is 0. The summed E-state index contributed by atoms with van der Waals surface area (Å²) in [5.74, 6) is -1.29. The van der Waals surface area contributed by atoms with Crippen LogP contribution in [-0.4, -0.2) is 49.0 Å². The van der Waals surface area contributed by atoms with Crippen LogP contribution in [0.25, 0.3) is 0 Å². The highest BCUT2D eigenvalue weighted by molar-refractivity contribution is 5.96. The van der Waals surface area contributed by atoms with Crippen LogP contribution in [0, 0.1) is 0 Å². The quantitative estimate of drug-likeness (QED) is 0.612. The van der Waals surface area contributed by atoms with Crippen molar-refractivity contribution < 1.29 is 29.3 Å². The third kappa shape index (κ3) is 4.84. The minimum absolute atomic E-state index is 0.0783. The van der Waals surface area contributed by atoms with E-state index in [0.717, 1.165) is 0 Å². The molecule has 0 aliphatic heterocycles. The van der Waals surface area contributed by atoms with Crippen LogP contribution in [0.4, 0.5) is 0 Å². The smallest absolute Gasteiger partial charge is 0.329 e. The topological polar surface area (TPSA) is 105 Å². The lowest BCUT2D eigenvalue weighted by Crippen LogP contribution is -2.28. The van der Waals surface area contributed by atoms with E-state index in [1.54, 1.807) is 6.07 Å². The Bertz CT molecular complexity index is 460. The first-order valence-electron chi connectivity index (χ1n) is 5.49. The van der Waals surface area contributed by atoms with Gasteiger partial charge in [0.05, 0.1) is 19.3 Å². The van der Waals surface area contributed by atoms with E-state index in [4.69, 9.17) is 14.6 Å². The molecule has 7 heteroatoms. The van der Waals surface area contributed by atoms with Crippen LogP contribution < -0.4 is 10.1 Å². The van der Waals surface area contributed by atoms with Gasteiger partial charge in [0.25, 0.3) is 5.91 Å². The summed E-state index contributed by atoms with van der Waals surface area (Å²) >= 11 is 0. The van der Waals surface area contributed by atoms with Crippen molar-refractivity contribution in [2.24, 2.45) is 0 Å². The van der Waals surface area contributed by atoms with Crippen LogP contribution in [0.3, 0.4) is 0 Å². The van der Waals surface area contributed by atoms with E-state index in [9.17, 15) is 14.7 Å². The minimum Gasteiger partial charge on any atom is -0.507 e. The molecule has 0 atom stereocenters. The monoisotopic (exact) mass is 269 g/mol. The number of methoxy groups -OCH3 is 1. The van der Waals surface area contributed by atoms with Crippen molar-refractivity contribution in [3.63, 3.8) is 0 Å². The molecule has 0 heterocycles. The highest BCUT2D eigenvalue weighted by Gasteiger charge is 2.11. The fraction of sp³-hybridized carbons (Fsp3) is 0.333. The van der Waals surface area contributed by atoms with Gasteiger partial charge in [0.15, 0.2) is 0 Å². The number of carboxylic acids is 1. The Kier molecular flexibility index (Phi) is 5.62. The largest absolute Gasteiger partial charge is 0.507 e. The van der Waals surface area contributed by atoms with Crippen LogP contribution in [-0.2, 0) is 9.53 Å². The third-order valence-corrected chi connectivity index (χ3v) is 2.21. The van der Waals surface area contributed by atoms with E-state index >= 15 is 0 Å². The second-order valence-corrected chi connectivity index (χ2v) is 3.59. The number of carbonyl (C=O) groups excluding carboxylic acids is 1. The van der Waals surface area contributed by atoms with Crippen molar-refractivity contribution in [3.05, 3.63) is 23.8 Å². The molecule has 0 fully saturated rings. The zero-order valence-electron chi connectivity index (χ0n) is 10.4. The molecule has 0 spiro atoms. The highest BCUT2D eigenvalue weighted by Crippen LogP contribution is 2.22. The van der Waals surface area contributed by atoms with Crippen LogP contribution in [0.5, 0.6) is 11.5 Å². The zero-order valence-corrected chi connectivity index (χ0v) is 10.4. The molecule has 3 N–H and O–H groups in total. The summed E-state index contributed by atoms with van der Waals surface area (Å²) in [6.45, 7) is -0.184. The molecular formula is C12H15NO6. The molecule has 0 saturated carbocycles. The Hall–Kier alpha value is -2.28. The number of aliphatic carboxylic acids is 1. The lowest BCUT2D eigenvalue weighted by molar-refractivity contribution is -0.142. The Morgan fingerprint density at radius 3 is 2.68 bits per heavy atom. The first-order chi connectivity index (χ1) is 9.04. The predicted molar refractivity (Wildman–Crippen MR) is 65.4 cm³/mol. The maximum atomic E-state index is 11.7. The molecule has 0 saturated heterocycles. The first-order valence-corrected chi connectivity index (χ1v) is 5.49. The summed E-state index contributed by atoms with van der Waals surface area (Å²) in [5, 5.41) is 20.4. The molecular weight excluding hydrogens is 254 g/mol. The molecule has 0 aliphatic rings. The highest BCUT2D eigenvalue weighted by atomic mass is 16.5. The second kappa shape index (κ2) is 7.22. The lowest BCUT2D eigenvalue weighted by atomic mass is 10.2. The number of carbonyl (C=O) groups is 2. The van der Waals surface area contributed by atoms with Gasteiger partial charge in [-0.05, 0) is 12.1 Å². The van der Waals surface area contributed by atoms with E-state index in [1.165, 1.54) is 19.2 Å². The second-order valence-electron chi connectivity index (χ2n) is 3.59. The van der Waals surface area contributed by atoms with Gasteiger partial charge < -0.3 is 25.0 Å². The number of amides is 1. The van der Waals surface area contributed by atoms with Gasteiger partial charge >= 0.3 is 5.97 Å². The van der Waals surface area contributed by atoms with Gasteiger partial charge in [-0.25, -0.2) is 4.79 Å². The van der Waals surface area contributed by atoms with Crippen LogP contribution in [0.15, 0.2) is 18.2 Å². The van der Waals surface area contributed by atoms with Crippen molar-refractivity contribution >= 4 is 11.9 Å². The molecule has 0 bridgehead atoms. The summed E-state index contributed by atoms with van der Waals surface area (Å²) in [5.41, 5.74) is 0.110. The van der Waals surface area contributed by atoms with Gasteiger partial charge in [-0.1, -0.05) is 0 Å². The summed E-state index contributed by atoms with van der Waals surface area (Å²) in [6, 6.07) is 4.31. The van der Waals surface area contributed by atoms with E-state index < -0.39 is 18.5 Å². The number of rotatable bonds is 7. The predicted octanol–water partition coefficient (Wildman–Crippen LogP) is 0.232. The zero-order chi connectivity index (χ0) is 14.3. The molecule has 0 unspecified atom stereocenters. The number of nitrogens with one attached hydrogen (secondary N) is 1. The van der Waals surface area contributed by atoms with Gasteiger partial charge in [-0.3, -0.25) is 4.79 Å². The van der Waals surface area contributed by atoms with Gasteiger partial charge in [-0.2, -0.15) is 0 Å². The van der Waals surface area contributed by atoms with Gasteiger partial charge in [0.2, 0.25) is 0 Å². The molecule has 19 heavy (non-hydrogen) atoms. The molecule has 104 valence electrons. The number of hydrogen-bond acceptors (Lipinski definition) is 5. The summed E-state index contributed by atoms with van der Waals surface area (Å²) < 4.78 is 9.65. The molecule has 0 aliphatic carbocycles. The van der Waals surface area contributed by atoms with E-state index in [0.29, 0.717) is 5.75 Å². The fourth-order valence-electron chi connectivity index (χ4n) is 1.32. The van der Waals surface area contributed by atoms with Crippen molar-refractivity contribution in [1.82, 2.24) is 5.32 Å². The van der Waals surface area contributed by atoms with E-state index in [1.807, 2.05) is 0 Å². The summed E-state index contributed by atoms with van der Waals surface area (Å²) in [7, 11) is 1.45. The minimum atomic E-state index is -1.07. The van der Waals surface area contributed by atoms with Crippen LogP contribution in [0.2, 0.25) is 0 Å². The molecule has 7 nitrogen and oxygen atoms in total. The average Bonchev–Trinajstić information content (AvgIpc) is 2.37. The number of carboxylic acid groups (broad SMARTS) is 1. The molecule has 1 amide bonds. The molecule has 1 rings (SSSR count). The normalized spacial score (nSPS) is 9.95. The van der Waals surface area contributed by atoms with Crippen molar-refractivity contribution in [2.45, 2.75) is 0 Å². The maximum absolute atomic E-state index is 11.7. The Balaban J connectivity index is 2.43. The fourth-order valence-corrected chi connectivity index (χ4v) is 1.32. The number of ether oxygens (including phenoxy) is 2. The molecule has 1 aromatic carbocycles. The maximum Gasteiger partial charge on any atom is 0.329 e. The number of phenolic OH excluding ortho intramolecular Hbond substituents is 1.